The molecule has 2 rings (SSSR count). The molecule has 26 heavy (non-hydrogen) atoms. The van der Waals surface area contributed by atoms with Gasteiger partial charge in [0.2, 0.25) is 0 Å². The maximum Gasteiger partial charge on any atom is 0.306 e. The number of rotatable bonds is 8. The Morgan fingerprint density at radius 1 is 1.35 bits per heavy atom. The SMILES string of the molecule is CC(C)[C@](C)(C#N)NC(=O)COC(=O)CCCc1c[nH]c2ccccc12. The number of carbonyl (C=O) groups excluding carboxylic acids is 2. The predicted molar refractivity (Wildman–Crippen MR) is 99.2 cm³/mol. The molecular formula is C20H25N3O3. The molecule has 0 bridgehead atoms. The van der Waals surface area contributed by atoms with E-state index in [1.807, 2.05) is 44.3 Å². The molecule has 1 aromatic heterocycles. The van der Waals surface area contributed by atoms with E-state index in [4.69, 9.17) is 4.74 Å². The van der Waals surface area contributed by atoms with Gasteiger partial charge in [-0.15, -0.1) is 0 Å². The lowest BCUT2D eigenvalue weighted by Gasteiger charge is -2.27. The molecule has 0 aliphatic heterocycles. The van der Waals surface area contributed by atoms with Crippen molar-refractivity contribution in [3.8, 4) is 6.07 Å². The molecule has 138 valence electrons. The lowest BCUT2D eigenvalue weighted by atomic mass is 9.90. The third-order valence-electron chi connectivity index (χ3n) is 4.65. The first-order valence-corrected chi connectivity index (χ1v) is 8.78. The zero-order valence-electron chi connectivity index (χ0n) is 15.5. The average molecular weight is 355 g/mol. The highest BCUT2D eigenvalue weighted by Crippen LogP contribution is 2.19. The zero-order valence-corrected chi connectivity index (χ0v) is 15.5. The Morgan fingerprint density at radius 3 is 2.77 bits per heavy atom. The van der Waals surface area contributed by atoms with E-state index < -0.39 is 17.4 Å². The lowest BCUT2D eigenvalue weighted by molar-refractivity contribution is -0.149. The second-order valence-electron chi connectivity index (χ2n) is 6.89. The normalized spacial score (nSPS) is 13.2. The summed E-state index contributed by atoms with van der Waals surface area (Å²) in [5.41, 5.74) is 1.26. The standard InChI is InChI=1S/C20H25N3O3/c1-14(2)20(3,13-21)23-18(24)12-26-19(25)10-6-7-15-11-22-17-9-5-4-8-16(15)17/h4-5,8-9,11,14,22H,6-7,10,12H2,1-3H3,(H,23,24)/t20-/m0/s1. The van der Waals surface area contributed by atoms with Crippen molar-refractivity contribution < 1.29 is 14.3 Å². The third-order valence-corrected chi connectivity index (χ3v) is 4.65. The van der Waals surface area contributed by atoms with Crippen LogP contribution in [0, 0.1) is 17.2 Å². The van der Waals surface area contributed by atoms with E-state index in [0.29, 0.717) is 6.42 Å². The Balaban J connectivity index is 1.74. The van der Waals surface area contributed by atoms with Crippen LogP contribution in [-0.2, 0) is 20.7 Å². The van der Waals surface area contributed by atoms with Gasteiger partial charge >= 0.3 is 5.97 Å². The highest BCUT2D eigenvalue weighted by atomic mass is 16.5. The summed E-state index contributed by atoms with van der Waals surface area (Å²) in [4.78, 5) is 26.9. The van der Waals surface area contributed by atoms with E-state index in [1.165, 1.54) is 0 Å². The number of hydrogen-bond donors (Lipinski definition) is 2. The third kappa shape index (κ3) is 4.85. The molecule has 1 atom stereocenters. The van der Waals surface area contributed by atoms with Crippen molar-refractivity contribution in [1.82, 2.24) is 10.3 Å². The first-order valence-electron chi connectivity index (χ1n) is 8.78. The largest absolute Gasteiger partial charge is 0.456 e. The van der Waals surface area contributed by atoms with Crippen LogP contribution in [0.1, 0.15) is 39.2 Å². The number of carbonyl (C=O) groups is 2. The van der Waals surface area contributed by atoms with Gasteiger partial charge in [-0.25, -0.2) is 0 Å². The van der Waals surface area contributed by atoms with Crippen LogP contribution in [0.4, 0.5) is 0 Å². The predicted octanol–water partition coefficient (Wildman–Crippen LogP) is 3.09. The molecule has 0 aliphatic rings. The molecule has 0 spiro atoms. The van der Waals surface area contributed by atoms with Crippen LogP contribution in [0.3, 0.4) is 0 Å². The summed E-state index contributed by atoms with van der Waals surface area (Å²) < 4.78 is 5.01. The average Bonchev–Trinajstić information content (AvgIpc) is 3.03. The van der Waals surface area contributed by atoms with Crippen molar-refractivity contribution in [1.29, 1.82) is 5.26 Å². The number of para-hydroxylation sites is 1. The number of aromatic nitrogens is 1. The number of amides is 1. The van der Waals surface area contributed by atoms with Crippen LogP contribution in [0.15, 0.2) is 30.5 Å². The van der Waals surface area contributed by atoms with Crippen molar-refractivity contribution in [3.63, 3.8) is 0 Å². The topological polar surface area (TPSA) is 95.0 Å². The van der Waals surface area contributed by atoms with Gasteiger partial charge in [0.25, 0.3) is 5.91 Å². The van der Waals surface area contributed by atoms with Gasteiger partial charge in [0.15, 0.2) is 6.61 Å². The van der Waals surface area contributed by atoms with Crippen molar-refractivity contribution in [2.75, 3.05) is 6.61 Å². The quantitative estimate of drug-likeness (QED) is 0.711. The fourth-order valence-corrected chi connectivity index (χ4v) is 2.61. The number of hydrogen-bond acceptors (Lipinski definition) is 4. The number of fused-ring (bicyclic) bond motifs is 1. The fraction of sp³-hybridized carbons (Fsp3) is 0.450. The summed E-state index contributed by atoms with van der Waals surface area (Å²) in [5.74, 6) is -0.931. The van der Waals surface area contributed by atoms with Gasteiger partial charge in [-0.3, -0.25) is 9.59 Å². The molecule has 0 saturated carbocycles. The molecule has 1 amide bonds. The van der Waals surface area contributed by atoms with Crippen molar-refractivity contribution in [2.45, 2.75) is 45.6 Å². The summed E-state index contributed by atoms with van der Waals surface area (Å²) >= 11 is 0. The minimum Gasteiger partial charge on any atom is -0.456 e. The number of nitrogens with one attached hydrogen (secondary N) is 2. The number of nitriles is 1. The maximum absolute atomic E-state index is 11.9. The number of benzene rings is 1. The second-order valence-corrected chi connectivity index (χ2v) is 6.89. The molecule has 0 radical (unpaired) electrons. The Kier molecular flexibility index (Phi) is 6.40. The van der Waals surface area contributed by atoms with Gasteiger partial charge in [-0.1, -0.05) is 32.0 Å². The second kappa shape index (κ2) is 8.52. The van der Waals surface area contributed by atoms with Gasteiger partial charge in [0, 0.05) is 23.5 Å². The molecule has 0 saturated heterocycles. The molecule has 0 unspecified atom stereocenters. The molecule has 6 nitrogen and oxygen atoms in total. The molecule has 0 aliphatic carbocycles. The van der Waals surface area contributed by atoms with Crippen LogP contribution in [0.5, 0.6) is 0 Å². The Bertz CT molecular complexity index is 819. The Labute approximate surface area is 153 Å². The summed E-state index contributed by atoms with van der Waals surface area (Å²) in [5, 5.41) is 13.0. The Morgan fingerprint density at radius 2 is 2.08 bits per heavy atom. The van der Waals surface area contributed by atoms with Gasteiger partial charge < -0.3 is 15.0 Å². The fourth-order valence-electron chi connectivity index (χ4n) is 2.61. The van der Waals surface area contributed by atoms with E-state index in [9.17, 15) is 14.9 Å². The zero-order chi connectivity index (χ0) is 19.2. The van der Waals surface area contributed by atoms with Crippen molar-refractivity contribution in [3.05, 3.63) is 36.0 Å². The molecule has 1 heterocycles. The highest BCUT2D eigenvalue weighted by molar-refractivity contribution is 5.83. The molecule has 1 aromatic carbocycles. The summed E-state index contributed by atoms with van der Waals surface area (Å²) in [6.45, 7) is 4.98. The van der Waals surface area contributed by atoms with E-state index in [-0.39, 0.29) is 18.9 Å². The van der Waals surface area contributed by atoms with Crippen molar-refractivity contribution >= 4 is 22.8 Å². The maximum atomic E-state index is 11.9. The number of aryl methyl sites for hydroxylation is 1. The van der Waals surface area contributed by atoms with Crippen LogP contribution in [-0.4, -0.2) is 29.0 Å². The summed E-state index contributed by atoms with van der Waals surface area (Å²) in [6, 6.07) is 10.1. The minimum atomic E-state index is -0.973. The lowest BCUT2D eigenvalue weighted by Crippen LogP contribution is -2.50. The van der Waals surface area contributed by atoms with E-state index >= 15 is 0 Å². The summed E-state index contributed by atoms with van der Waals surface area (Å²) in [7, 11) is 0. The minimum absolute atomic E-state index is 0.0525. The monoisotopic (exact) mass is 355 g/mol. The van der Waals surface area contributed by atoms with Gasteiger partial charge in [-0.05, 0) is 37.3 Å². The number of H-pyrrole nitrogens is 1. The Hall–Kier alpha value is -2.81. The van der Waals surface area contributed by atoms with Crippen LogP contribution >= 0.6 is 0 Å². The van der Waals surface area contributed by atoms with Crippen LogP contribution in [0.25, 0.3) is 10.9 Å². The van der Waals surface area contributed by atoms with Gasteiger partial charge in [-0.2, -0.15) is 5.26 Å². The van der Waals surface area contributed by atoms with Crippen LogP contribution < -0.4 is 5.32 Å². The first kappa shape index (κ1) is 19.5. The van der Waals surface area contributed by atoms with E-state index in [1.54, 1.807) is 6.92 Å². The van der Waals surface area contributed by atoms with Gasteiger partial charge in [0.1, 0.15) is 5.54 Å². The summed E-state index contributed by atoms with van der Waals surface area (Å²) in [6.07, 6.45) is 3.60. The first-order chi connectivity index (χ1) is 12.4. The molecule has 2 N–H and O–H groups in total. The number of aromatic amines is 1. The molecule has 2 aromatic rings. The number of nitrogens with zero attached hydrogens (tertiary/aromatic N) is 1. The molecular weight excluding hydrogens is 330 g/mol. The van der Waals surface area contributed by atoms with E-state index in [0.717, 1.165) is 22.9 Å². The highest BCUT2D eigenvalue weighted by Gasteiger charge is 2.30. The van der Waals surface area contributed by atoms with E-state index in [2.05, 4.69) is 16.4 Å². The van der Waals surface area contributed by atoms with Crippen molar-refractivity contribution in [2.24, 2.45) is 5.92 Å². The molecule has 6 heteroatoms. The van der Waals surface area contributed by atoms with Gasteiger partial charge in [0.05, 0.1) is 6.07 Å². The molecule has 0 fully saturated rings. The number of esters is 1. The smallest absolute Gasteiger partial charge is 0.306 e. The van der Waals surface area contributed by atoms with Crippen LogP contribution in [0.2, 0.25) is 0 Å². The number of ether oxygens (including phenoxy) is 1.